The Kier molecular flexibility index (Phi) is 4.58. The Morgan fingerprint density at radius 3 is 1.42 bits per heavy atom. The molecule has 0 aliphatic rings. The summed E-state index contributed by atoms with van der Waals surface area (Å²) in [6, 6.07) is 0. The van der Waals surface area contributed by atoms with E-state index in [-0.39, 0.29) is 32.4 Å². The molecule has 0 N–H and O–H groups in total. The zero-order valence-corrected chi connectivity index (χ0v) is 12.6. The Hall–Kier alpha value is -0.530. The van der Waals surface area contributed by atoms with E-state index in [4.69, 9.17) is 0 Å². The summed E-state index contributed by atoms with van der Waals surface area (Å²) in [5.41, 5.74) is 0.00121. The Morgan fingerprint density at radius 1 is 0.789 bits per heavy atom. The van der Waals surface area contributed by atoms with E-state index in [0.29, 0.717) is 22.7 Å². The third-order valence-corrected chi connectivity index (χ3v) is 5.93. The molecule has 0 spiro atoms. The highest BCUT2D eigenvalue weighted by Gasteiger charge is 2.23. The second-order valence-corrected chi connectivity index (χ2v) is 7.20. The van der Waals surface area contributed by atoms with Gasteiger partial charge in [-0.15, -0.1) is 0 Å². The molecule has 2 rings (SSSR count). The van der Waals surface area contributed by atoms with Crippen LogP contribution in [0.3, 0.4) is 0 Å². The molecule has 0 fully saturated rings. The van der Waals surface area contributed by atoms with E-state index in [1.54, 1.807) is 13.8 Å². The fourth-order valence-electron chi connectivity index (χ4n) is 1.60. The van der Waals surface area contributed by atoms with E-state index in [1.807, 2.05) is 0 Å². The minimum atomic E-state index is -0.666. The van der Waals surface area contributed by atoms with Crippen LogP contribution in [0.25, 0.3) is 0 Å². The first-order valence-corrected chi connectivity index (χ1v) is 8.05. The fraction of sp³-hybridized carbons (Fsp3) is 0.333. The number of rotatable bonds is 4. The van der Waals surface area contributed by atoms with Crippen LogP contribution in [0.2, 0.25) is 0 Å². The van der Waals surface area contributed by atoms with E-state index < -0.39 is 21.9 Å². The zero-order chi connectivity index (χ0) is 14.2. The van der Waals surface area contributed by atoms with Crippen molar-refractivity contribution in [1.82, 2.24) is 0 Å². The summed E-state index contributed by atoms with van der Waals surface area (Å²) < 4.78 is 54.6. The Labute approximate surface area is 120 Å². The first-order chi connectivity index (χ1) is 8.99. The minimum Gasteiger partial charge on any atom is -0.204 e. The molecule has 0 saturated carbocycles. The molecule has 0 aliphatic heterocycles. The fourth-order valence-corrected chi connectivity index (χ4v) is 5.09. The van der Waals surface area contributed by atoms with E-state index in [9.17, 15) is 17.6 Å². The van der Waals surface area contributed by atoms with Crippen LogP contribution in [0.1, 0.15) is 25.0 Å². The molecule has 0 radical (unpaired) electrons. The smallest absolute Gasteiger partial charge is 0.183 e. The predicted octanol–water partition coefficient (Wildman–Crippen LogP) is 5.64. The normalized spacial score (nSPS) is 11.3. The summed E-state index contributed by atoms with van der Waals surface area (Å²) >= 11 is 2.01. The van der Waals surface area contributed by atoms with Gasteiger partial charge in [0, 0.05) is 11.1 Å². The maximum atomic E-state index is 13.8. The second kappa shape index (κ2) is 5.85. The molecular formula is C12H10F4S3. The molecule has 0 unspecified atom stereocenters. The molecule has 2 aromatic rings. The largest absolute Gasteiger partial charge is 0.204 e. The molecule has 0 amide bonds. The van der Waals surface area contributed by atoms with Gasteiger partial charge in [-0.2, -0.15) is 8.78 Å². The van der Waals surface area contributed by atoms with Crippen molar-refractivity contribution in [3.63, 3.8) is 0 Å². The lowest BCUT2D eigenvalue weighted by Crippen LogP contribution is -1.86. The lowest BCUT2D eigenvalue weighted by atomic mass is 10.2. The third-order valence-electron chi connectivity index (χ3n) is 2.62. The van der Waals surface area contributed by atoms with E-state index in [0.717, 1.165) is 11.8 Å². The van der Waals surface area contributed by atoms with Gasteiger partial charge in [-0.3, -0.25) is 0 Å². The van der Waals surface area contributed by atoms with E-state index in [1.165, 1.54) is 0 Å². The van der Waals surface area contributed by atoms with Crippen molar-refractivity contribution in [3.05, 3.63) is 33.0 Å². The van der Waals surface area contributed by atoms with Crippen LogP contribution in [0.4, 0.5) is 17.6 Å². The summed E-state index contributed by atoms with van der Waals surface area (Å²) in [6.07, 6.45) is 0.465. The monoisotopic (exact) mass is 326 g/mol. The van der Waals surface area contributed by atoms with Gasteiger partial charge >= 0.3 is 0 Å². The topological polar surface area (TPSA) is 0 Å². The highest BCUT2D eigenvalue weighted by atomic mass is 32.2. The van der Waals surface area contributed by atoms with Crippen LogP contribution in [0, 0.1) is 21.9 Å². The average Bonchev–Trinajstić information content (AvgIpc) is 2.78. The highest BCUT2D eigenvalue weighted by Crippen LogP contribution is 2.43. The molecule has 0 aliphatic carbocycles. The van der Waals surface area contributed by atoms with Crippen LogP contribution in [0.15, 0.2) is 8.42 Å². The van der Waals surface area contributed by atoms with Gasteiger partial charge in [0.05, 0.1) is 0 Å². The molecule has 104 valence electrons. The molecule has 19 heavy (non-hydrogen) atoms. The molecule has 0 atom stereocenters. The summed E-state index contributed by atoms with van der Waals surface area (Å²) in [5.74, 6) is -1.33. The first-order valence-electron chi connectivity index (χ1n) is 5.60. The quantitative estimate of drug-likeness (QED) is 0.655. The predicted molar refractivity (Wildman–Crippen MR) is 71.3 cm³/mol. The van der Waals surface area contributed by atoms with Gasteiger partial charge in [0.15, 0.2) is 21.9 Å². The highest BCUT2D eigenvalue weighted by molar-refractivity contribution is 8.02. The zero-order valence-electron chi connectivity index (χ0n) is 10.2. The standard InChI is InChI=1S/C12H10F4S3/c1-3-5-7(13)11(17-9(5)15)19-12-8(14)6(4-2)10(16)18-12/h3-4H2,1-2H3. The second-order valence-electron chi connectivity index (χ2n) is 3.72. The van der Waals surface area contributed by atoms with Crippen molar-refractivity contribution in [2.45, 2.75) is 35.1 Å². The summed E-state index contributed by atoms with van der Waals surface area (Å²) in [7, 11) is 0. The average molecular weight is 326 g/mol. The SMILES string of the molecule is CCc1c(F)sc(Sc2sc(F)c(CC)c2F)c1F. The van der Waals surface area contributed by atoms with E-state index >= 15 is 0 Å². The van der Waals surface area contributed by atoms with Crippen molar-refractivity contribution in [2.24, 2.45) is 0 Å². The van der Waals surface area contributed by atoms with Gasteiger partial charge in [-0.1, -0.05) is 48.3 Å². The molecule has 2 heterocycles. The van der Waals surface area contributed by atoms with Gasteiger partial charge in [-0.05, 0) is 12.8 Å². The van der Waals surface area contributed by atoms with Crippen LogP contribution < -0.4 is 0 Å². The van der Waals surface area contributed by atoms with Gasteiger partial charge in [0.25, 0.3) is 0 Å². The summed E-state index contributed by atoms with van der Waals surface area (Å²) in [4.78, 5) is 0. The van der Waals surface area contributed by atoms with Crippen molar-refractivity contribution < 1.29 is 17.6 Å². The summed E-state index contributed by atoms with van der Waals surface area (Å²) in [5, 5.41) is -1.20. The van der Waals surface area contributed by atoms with Crippen LogP contribution in [0.5, 0.6) is 0 Å². The van der Waals surface area contributed by atoms with Crippen molar-refractivity contribution in [3.8, 4) is 0 Å². The molecule has 0 aromatic carbocycles. The number of thiophene rings is 2. The molecule has 7 heteroatoms. The molecule has 0 saturated heterocycles. The number of hydrogen-bond donors (Lipinski definition) is 0. The van der Waals surface area contributed by atoms with Crippen LogP contribution >= 0.6 is 34.4 Å². The molecule has 2 aromatic heterocycles. The Morgan fingerprint density at radius 2 is 1.16 bits per heavy atom. The van der Waals surface area contributed by atoms with Gasteiger partial charge in [0.2, 0.25) is 0 Å². The van der Waals surface area contributed by atoms with Gasteiger partial charge in [0.1, 0.15) is 8.42 Å². The summed E-state index contributed by atoms with van der Waals surface area (Å²) in [6.45, 7) is 3.28. The Bertz CT molecular complexity index is 548. The van der Waals surface area contributed by atoms with Gasteiger partial charge in [-0.25, -0.2) is 8.78 Å². The third kappa shape index (κ3) is 2.68. The van der Waals surface area contributed by atoms with Crippen molar-refractivity contribution in [2.75, 3.05) is 0 Å². The molecular weight excluding hydrogens is 316 g/mol. The first kappa shape index (κ1) is 14.9. The lowest BCUT2D eigenvalue weighted by molar-refractivity contribution is 0.570. The minimum absolute atomic E-state index is 0.000603. The maximum Gasteiger partial charge on any atom is 0.183 e. The number of halogens is 4. The maximum absolute atomic E-state index is 13.8. The lowest BCUT2D eigenvalue weighted by Gasteiger charge is -1.96. The van der Waals surface area contributed by atoms with Crippen LogP contribution in [-0.4, -0.2) is 0 Å². The van der Waals surface area contributed by atoms with Crippen molar-refractivity contribution in [1.29, 1.82) is 0 Å². The van der Waals surface area contributed by atoms with Crippen molar-refractivity contribution >= 4 is 34.4 Å². The Balaban J connectivity index is 2.37. The molecule has 0 bridgehead atoms. The number of hydrogen-bond acceptors (Lipinski definition) is 3. The van der Waals surface area contributed by atoms with Gasteiger partial charge < -0.3 is 0 Å². The van der Waals surface area contributed by atoms with E-state index in [2.05, 4.69) is 0 Å². The molecule has 0 nitrogen and oxygen atoms in total. The van der Waals surface area contributed by atoms with Crippen LogP contribution in [-0.2, 0) is 12.8 Å².